The Hall–Kier alpha value is 0.310. The number of thiol groups is 1. The van der Waals surface area contributed by atoms with Gasteiger partial charge in [-0.2, -0.15) is 12.6 Å². The van der Waals surface area contributed by atoms with E-state index in [2.05, 4.69) is 45.2 Å². The van der Waals surface area contributed by atoms with Gasteiger partial charge in [-0.15, -0.1) is 0 Å². The normalized spacial score (nSPS) is 13.9. The van der Waals surface area contributed by atoms with Crippen molar-refractivity contribution >= 4 is 12.6 Å². The van der Waals surface area contributed by atoms with E-state index in [9.17, 15) is 0 Å². The minimum atomic E-state index is 0.775. The van der Waals surface area contributed by atoms with Crippen LogP contribution in [0.1, 0.15) is 40.5 Å². The van der Waals surface area contributed by atoms with Crippen molar-refractivity contribution in [1.29, 1.82) is 0 Å². The van der Waals surface area contributed by atoms with E-state index in [0.717, 1.165) is 17.6 Å². The van der Waals surface area contributed by atoms with Gasteiger partial charge < -0.3 is 4.90 Å². The fourth-order valence-corrected chi connectivity index (χ4v) is 2.16. The Labute approximate surface area is 95.7 Å². The van der Waals surface area contributed by atoms with Crippen LogP contribution in [0.3, 0.4) is 0 Å². The van der Waals surface area contributed by atoms with Crippen LogP contribution in [0, 0.1) is 11.8 Å². The summed E-state index contributed by atoms with van der Waals surface area (Å²) in [7, 11) is 0. The molecule has 1 atom stereocenters. The van der Waals surface area contributed by atoms with Gasteiger partial charge in [0.2, 0.25) is 0 Å². The van der Waals surface area contributed by atoms with Crippen molar-refractivity contribution in [1.82, 2.24) is 4.90 Å². The molecule has 2 heteroatoms. The molecule has 0 bridgehead atoms. The largest absolute Gasteiger partial charge is 0.303 e. The van der Waals surface area contributed by atoms with E-state index < -0.39 is 0 Å². The fraction of sp³-hybridized carbons (Fsp3) is 1.00. The van der Waals surface area contributed by atoms with E-state index in [-0.39, 0.29) is 0 Å². The van der Waals surface area contributed by atoms with Gasteiger partial charge in [-0.05, 0) is 30.6 Å². The standard InChI is InChI=1S/C12H27NS/c1-5-7-12(10-14)9-13(6-2)8-11(3)4/h11-12,14H,5-10H2,1-4H3. The van der Waals surface area contributed by atoms with Gasteiger partial charge in [-0.25, -0.2) is 0 Å². The monoisotopic (exact) mass is 217 g/mol. The highest BCUT2D eigenvalue weighted by atomic mass is 32.1. The fourth-order valence-electron chi connectivity index (χ4n) is 1.86. The molecule has 0 aliphatic rings. The summed E-state index contributed by atoms with van der Waals surface area (Å²) in [6.07, 6.45) is 2.60. The van der Waals surface area contributed by atoms with E-state index in [0.29, 0.717) is 0 Å². The Morgan fingerprint density at radius 1 is 1.14 bits per heavy atom. The van der Waals surface area contributed by atoms with Gasteiger partial charge in [0, 0.05) is 13.1 Å². The highest BCUT2D eigenvalue weighted by Gasteiger charge is 2.11. The molecule has 0 heterocycles. The first-order valence-electron chi connectivity index (χ1n) is 5.97. The van der Waals surface area contributed by atoms with Crippen molar-refractivity contribution in [2.75, 3.05) is 25.4 Å². The average Bonchev–Trinajstić information content (AvgIpc) is 2.15. The Balaban J connectivity index is 3.87. The summed E-state index contributed by atoms with van der Waals surface area (Å²) < 4.78 is 0. The Morgan fingerprint density at radius 2 is 1.79 bits per heavy atom. The third-order valence-electron chi connectivity index (χ3n) is 2.54. The smallest absolute Gasteiger partial charge is 0.00174 e. The topological polar surface area (TPSA) is 3.24 Å². The van der Waals surface area contributed by atoms with Gasteiger partial charge in [0.15, 0.2) is 0 Å². The summed E-state index contributed by atoms with van der Waals surface area (Å²) in [6.45, 7) is 12.7. The van der Waals surface area contributed by atoms with E-state index in [1.807, 2.05) is 0 Å². The van der Waals surface area contributed by atoms with Crippen molar-refractivity contribution in [3.8, 4) is 0 Å². The van der Waals surface area contributed by atoms with Gasteiger partial charge in [0.1, 0.15) is 0 Å². The summed E-state index contributed by atoms with van der Waals surface area (Å²) in [5.74, 6) is 2.58. The molecule has 0 aliphatic carbocycles. The van der Waals surface area contributed by atoms with Gasteiger partial charge in [-0.3, -0.25) is 0 Å². The molecule has 0 fully saturated rings. The molecule has 0 aromatic heterocycles. The maximum Gasteiger partial charge on any atom is 0.00174 e. The first kappa shape index (κ1) is 14.3. The lowest BCUT2D eigenvalue weighted by atomic mass is 10.0. The number of hydrogen-bond donors (Lipinski definition) is 1. The average molecular weight is 217 g/mol. The number of rotatable bonds is 8. The van der Waals surface area contributed by atoms with Crippen LogP contribution < -0.4 is 0 Å². The summed E-state index contributed by atoms with van der Waals surface area (Å²) in [6, 6.07) is 0. The van der Waals surface area contributed by atoms with E-state index in [1.165, 1.54) is 32.5 Å². The molecule has 0 amide bonds. The summed E-state index contributed by atoms with van der Waals surface area (Å²) in [4.78, 5) is 2.56. The van der Waals surface area contributed by atoms with E-state index >= 15 is 0 Å². The number of nitrogens with zero attached hydrogens (tertiary/aromatic N) is 1. The highest BCUT2D eigenvalue weighted by molar-refractivity contribution is 7.80. The van der Waals surface area contributed by atoms with Crippen molar-refractivity contribution < 1.29 is 0 Å². The third kappa shape index (κ3) is 6.72. The van der Waals surface area contributed by atoms with Gasteiger partial charge in [0.05, 0.1) is 0 Å². The molecule has 0 rings (SSSR count). The maximum absolute atomic E-state index is 4.43. The van der Waals surface area contributed by atoms with Crippen LogP contribution in [-0.4, -0.2) is 30.3 Å². The lowest BCUT2D eigenvalue weighted by Crippen LogP contribution is -2.33. The zero-order valence-electron chi connectivity index (χ0n) is 10.3. The molecule has 0 aromatic carbocycles. The van der Waals surface area contributed by atoms with Gasteiger partial charge in [0.25, 0.3) is 0 Å². The van der Waals surface area contributed by atoms with Crippen LogP contribution in [0.2, 0.25) is 0 Å². The Morgan fingerprint density at radius 3 is 2.14 bits per heavy atom. The van der Waals surface area contributed by atoms with Crippen molar-refractivity contribution in [3.63, 3.8) is 0 Å². The lowest BCUT2D eigenvalue weighted by molar-refractivity contribution is 0.220. The second-order valence-corrected chi connectivity index (χ2v) is 4.95. The van der Waals surface area contributed by atoms with Crippen molar-refractivity contribution in [2.24, 2.45) is 11.8 Å². The molecular formula is C12H27NS. The molecule has 1 nitrogen and oxygen atoms in total. The van der Waals surface area contributed by atoms with E-state index in [4.69, 9.17) is 0 Å². The third-order valence-corrected chi connectivity index (χ3v) is 3.06. The predicted molar refractivity (Wildman–Crippen MR) is 69.2 cm³/mol. The molecule has 14 heavy (non-hydrogen) atoms. The van der Waals surface area contributed by atoms with Crippen LogP contribution in [-0.2, 0) is 0 Å². The second kappa shape index (κ2) is 8.60. The molecule has 1 unspecified atom stereocenters. The predicted octanol–water partition coefficient (Wildman–Crippen LogP) is 3.31. The molecule has 86 valence electrons. The van der Waals surface area contributed by atoms with Crippen molar-refractivity contribution in [2.45, 2.75) is 40.5 Å². The highest BCUT2D eigenvalue weighted by Crippen LogP contribution is 2.11. The Kier molecular flexibility index (Phi) is 8.80. The molecule has 0 aromatic rings. The van der Waals surface area contributed by atoms with Crippen LogP contribution in [0.25, 0.3) is 0 Å². The van der Waals surface area contributed by atoms with Crippen LogP contribution in [0.5, 0.6) is 0 Å². The van der Waals surface area contributed by atoms with Crippen LogP contribution in [0.15, 0.2) is 0 Å². The molecule has 0 aliphatic heterocycles. The SMILES string of the molecule is CCCC(CS)CN(CC)CC(C)C. The molecule has 0 radical (unpaired) electrons. The van der Waals surface area contributed by atoms with Gasteiger partial charge >= 0.3 is 0 Å². The molecular weight excluding hydrogens is 190 g/mol. The molecule has 0 N–H and O–H groups in total. The molecule has 0 saturated carbocycles. The second-order valence-electron chi connectivity index (χ2n) is 4.58. The Bertz CT molecular complexity index is 125. The van der Waals surface area contributed by atoms with Crippen molar-refractivity contribution in [3.05, 3.63) is 0 Å². The zero-order chi connectivity index (χ0) is 11.0. The zero-order valence-corrected chi connectivity index (χ0v) is 11.2. The molecule has 0 saturated heterocycles. The first-order chi connectivity index (χ1) is 6.63. The summed E-state index contributed by atoms with van der Waals surface area (Å²) >= 11 is 4.43. The summed E-state index contributed by atoms with van der Waals surface area (Å²) in [5.41, 5.74) is 0. The molecule has 0 spiro atoms. The van der Waals surface area contributed by atoms with E-state index in [1.54, 1.807) is 0 Å². The minimum Gasteiger partial charge on any atom is -0.303 e. The number of hydrogen-bond acceptors (Lipinski definition) is 2. The van der Waals surface area contributed by atoms with Gasteiger partial charge in [-0.1, -0.05) is 34.1 Å². The first-order valence-corrected chi connectivity index (χ1v) is 6.60. The van der Waals surface area contributed by atoms with Crippen LogP contribution in [0.4, 0.5) is 0 Å². The summed E-state index contributed by atoms with van der Waals surface area (Å²) in [5, 5.41) is 0. The van der Waals surface area contributed by atoms with Crippen LogP contribution >= 0.6 is 12.6 Å². The lowest BCUT2D eigenvalue weighted by Gasteiger charge is -2.26. The quantitative estimate of drug-likeness (QED) is 0.611. The minimum absolute atomic E-state index is 0.775. The maximum atomic E-state index is 4.43.